The van der Waals surface area contributed by atoms with Crippen molar-refractivity contribution in [1.29, 1.82) is 5.26 Å². The van der Waals surface area contributed by atoms with Gasteiger partial charge in [-0.05, 0) is 36.8 Å². The number of ether oxygens (including phenoxy) is 1. The summed E-state index contributed by atoms with van der Waals surface area (Å²) >= 11 is 0. The molecule has 32 heavy (non-hydrogen) atoms. The highest BCUT2D eigenvalue weighted by atomic mass is 32.2. The molecule has 0 saturated carbocycles. The van der Waals surface area contributed by atoms with Crippen LogP contribution < -0.4 is 4.74 Å². The summed E-state index contributed by atoms with van der Waals surface area (Å²) in [5.74, 6) is -1.55. The van der Waals surface area contributed by atoms with Crippen molar-refractivity contribution in [3.8, 4) is 23.3 Å². The van der Waals surface area contributed by atoms with E-state index >= 15 is 0 Å². The summed E-state index contributed by atoms with van der Waals surface area (Å²) in [6.45, 7) is 0.347. The average Bonchev–Trinajstić information content (AvgIpc) is 3.45. The van der Waals surface area contributed by atoms with Gasteiger partial charge in [-0.1, -0.05) is 5.16 Å². The Labute approximate surface area is 180 Å². The third-order valence-corrected chi connectivity index (χ3v) is 6.56. The molecule has 2 aromatic heterocycles. The average molecular weight is 465 g/mol. The van der Waals surface area contributed by atoms with Gasteiger partial charge in [0.05, 0.1) is 23.1 Å². The summed E-state index contributed by atoms with van der Waals surface area (Å²) in [5.41, 5.74) is 0.560. The molecule has 1 fully saturated rings. The zero-order chi connectivity index (χ0) is 22.9. The molecule has 0 bridgehead atoms. The Hall–Kier alpha value is -3.50. The van der Waals surface area contributed by atoms with E-state index in [4.69, 9.17) is 10.00 Å². The number of pyridine rings is 1. The number of nitriles is 1. The number of rotatable bonds is 5. The predicted molar refractivity (Wildman–Crippen MR) is 101 cm³/mol. The molecule has 13 heteroatoms. The van der Waals surface area contributed by atoms with Crippen LogP contribution in [-0.2, 0) is 16.2 Å². The van der Waals surface area contributed by atoms with Crippen LogP contribution in [0.2, 0.25) is 0 Å². The summed E-state index contributed by atoms with van der Waals surface area (Å²) in [6.07, 6.45) is -3.53. The van der Waals surface area contributed by atoms with Crippen LogP contribution in [0.4, 0.5) is 13.2 Å². The second kappa shape index (κ2) is 8.21. The topological polar surface area (TPSA) is 122 Å². The van der Waals surface area contributed by atoms with E-state index in [-0.39, 0.29) is 35.3 Å². The number of benzene rings is 1. The van der Waals surface area contributed by atoms with Crippen LogP contribution >= 0.6 is 0 Å². The molecule has 1 aliphatic heterocycles. The molecule has 1 aliphatic rings. The van der Waals surface area contributed by atoms with E-state index in [1.54, 1.807) is 0 Å². The maximum atomic E-state index is 12.8. The van der Waals surface area contributed by atoms with Gasteiger partial charge in [0.15, 0.2) is 0 Å². The van der Waals surface area contributed by atoms with Gasteiger partial charge in [0.25, 0.3) is 0 Å². The van der Waals surface area contributed by atoms with Crippen molar-refractivity contribution in [1.82, 2.24) is 19.4 Å². The van der Waals surface area contributed by atoms with E-state index in [1.165, 1.54) is 46.9 Å². The lowest BCUT2D eigenvalue weighted by Gasteiger charge is -2.17. The van der Waals surface area contributed by atoms with Crippen molar-refractivity contribution in [2.75, 3.05) is 13.1 Å². The molecule has 9 nitrogen and oxygen atoms in total. The number of alkyl halides is 3. The van der Waals surface area contributed by atoms with E-state index < -0.39 is 28.2 Å². The Morgan fingerprint density at radius 3 is 2.53 bits per heavy atom. The monoisotopic (exact) mass is 465 g/mol. The number of aromatic nitrogens is 3. The van der Waals surface area contributed by atoms with Gasteiger partial charge in [0.1, 0.15) is 6.10 Å². The van der Waals surface area contributed by atoms with Crippen LogP contribution in [0.15, 0.2) is 52.0 Å². The number of hydrogen-bond donors (Lipinski definition) is 0. The highest BCUT2D eigenvalue weighted by Gasteiger charge is 2.38. The van der Waals surface area contributed by atoms with Gasteiger partial charge in [0, 0.05) is 24.4 Å². The molecule has 0 spiro atoms. The van der Waals surface area contributed by atoms with Crippen molar-refractivity contribution in [2.24, 2.45) is 0 Å². The summed E-state index contributed by atoms with van der Waals surface area (Å²) in [7, 11) is -3.74. The first-order valence-electron chi connectivity index (χ1n) is 9.21. The second-order valence-electron chi connectivity index (χ2n) is 6.83. The van der Waals surface area contributed by atoms with Gasteiger partial charge in [0.2, 0.25) is 21.7 Å². The van der Waals surface area contributed by atoms with Crippen molar-refractivity contribution in [2.45, 2.75) is 23.6 Å². The fourth-order valence-corrected chi connectivity index (χ4v) is 4.56. The van der Waals surface area contributed by atoms with Crippen molar-refractivity contribution < 1.29 is 30.8 Å². The highest BCUT2D eigenvalue weighted by molar-refractivity contribution is 7.89. The Morgan fingerprint density at radius 1 is 1.19 bits per heavy atom. The smallest absolute Gasteiger partial charge is 0.471 e. The van der Waals surface area contributed by atoms with Crippen molar-refractivity contribution in [3.05, 3.63) is 54.0 Å². The van der Waals surface area contributed by atoms with Crippen molar-refractivity contribution in [3.63, 3.8) is 0 Å². The normalized spacial score (nSPS) is 17.2. The lowest BCUT2D eigenvalue weighted by Crippen LogP contribution is -2.31. The molecule has 0 unspecified atom stereocenters. The molecule has 0 aliphatic carbocycles. The van der Waals surface area contributed by atoms with Crippen LogP contribution in [-0.4, -0.2) is 47.0 Å². The fourth-order valence-electron chi connectivity index (χ4n) is 3.07. The van der Waals surface area contributed by atoms with Crippen LogP contribution in [0, 0.1) is 11.3 Å². The summed E-state index contributed by atoms with van der Waals surface area (Å²) < 4.78 is 74.5. The van der Waals surface area contributed by atoms with Crippen LogP contribution in [0.5, 0.6) is 5.88 Å². The predicted octanol–water partition coefficient (Wildman–Crippen LogP) is 2.86. The Morgan fingerprint density at radius 2 is 1.94 bits per heavy atom. The molecule has 0 radical (unpaired) electrons. The molecular formula is C19H14F3N5O4S. The first kappa shape index (κ1) is 21.7. The van der Waals surface area contributed by atoms with Crippen molar-refractivity contribution >= 4 is 10.0 Å². The molecule has 1 atom stereocenters. The minimum absolute atomic E-state index is 0.0815. The highest BCUT2D eigenvalue weighted by Crippen LogP contribution is 2.30. The number of hydrogen-bond acceptors (Lipinski definition) is 8. The van der Waals surface area contributed by atoms with E-state index in [9.17, 15) is 21.6 Å². The molecule has 3 aromatic rings. The summed E-state index contributed by atoms with van der Waals surface area (Å²) in [4.78, 5) is 7.40. The van der Waals surface area contributed by atoms with Crippen LogP contribution in [0.3, 0.4) is 0 Å². The minimum atomic E-state index is -4.74. The SMILES string of the molecule is N#Cc1ccc(S(=O)(=O)N2CC[C@H](Oc3ccc(-c4noc(C(F)(F)F)n4)cn3)C2)cc1. The second-order valence-corrected chi connectivity index (χ2v) is 8.77. The zero-order valence-corrected chi connectivity index (χ0v) is 17.0. The third-order valence-electron chi connectivity index (χ3n) is 4.68. The molecule has 0 N–H and O–H groups in total. The number of sulfonamides is 1. The van der Waals surface area contributed by atoms with Gasteiger partial charge in [-0.25, -0.2) is 13.4 Å². The van der Waals surface area contributed by atoms with Gasteiger partial charge >= 0.3 is 12.1 Å². The summed E-state index contributed by atoms with van der Waals surface area (Å²) in [6, 6.07) is 10.4. The lowest BCUT2D eigenvalue weighted by molar-refractivity contribution is -0.159. The molecule has 1 saturated heterocycles. The fraction of sp³-hybridized carbons (Fsp3) is 0.263. The Bertz CT molecular complexity index is 1250. The van der Waals surface area contributed by atoms with Gasteiger partial charge < -0.3 is 9.26 Å². The standard InChI is InChI=1S/C19H14F3N5O4S/c20-19(21,22)18-25-17(26-31-18)13-3-6-16(24-10-13)30-14-7-8-27(11-14)32(28,29)15-4-1-12(9-23)2-5-15/h1-6,10,14H,7-8,11H2/t14-/m0/s1. The maximum absolute atomic E-state index is 12.8. The minimum Gasteiger partial charge on any atom is -0.473 e. The molecule has 0 amide bonds. The van der Waals surface area contributed by atoms with E-state index in [1.807, 2.05) is 6.07 Å². The quantitative estimate of drug-likeness (QED) is 0.564. The van der Waals surface area contributed by atoms with E-state index in [0.29, 0.717) is 12.0 Å². The first-order valence-corrected chi connectivity index (χ1v) is 10.6. The maximum Gasteiger partial charge on any atom is 0.471 e. The number of nitrogens with zero attached hydrogens (tertiary/aromatic N) is 5. The Kier molecular flexibility index (Phi) is 5.57. The zero-order valence-electron chi connectivity index (χ0n) is 16.2. The first-order chi connectivity index (χ1) is 15.2. The largest absolute Gasteiger partial charge is 0.473 e. The van der Waals surface area contributed by atoms with Gasteiger partial charge in [-0.15, -0.1) is 0 Å². The van der Waals surface area contributed by atoms with E-state index in [2.05, 4.69) is 19.6 Å². The molecule has 1 aromatic carbocycles. The van der Waals surface area contributed by atoms with E-state index in [0.717, 1.165) is 0 Å². The Balaban J connectivity index is 1.40. The summed E-state index contributed by atoms with van der Waals surface area (Å²) in [5, 5.41) is 12.1. The number of halogens is 3. The van der Waals surface area contributed by atoms with Crippen LogP contribution in [0.25, 0.3) is 11.4 Å². The molecule has 3 heterocycles. The molecule has 4 rings (SSSR count). The van der Waals surface area contributed by atoms with Gasteiger partial charge in [-0.3, -0.25) is 0 Å². The molecule has 166 valence electrons. The molecular weight excluding hydrogens is 451 g/mol. The van der Waals surface area contributed by atoms with Gasteiger partial charge in [-0.2, -0.15) is 27.7 Å². The van der Waals surface area contributed by atoms with Crippen LogP contribution in [0.1, 0.15) is 17.9 Å². The third kappa shape index (κ3) is 4.41. The lowest BCUT2D eigenvalue weighted by atomic mass is 10.2.